The maximum atomic E-state index is 5.43. The lowest BCUT2D eigenvalue weighted by Crippen LogP contribution is -2.23. The van der Waals surface area contributed by atoms with Gasteiger partial charge in [0.15, 0.2) is 0 Å². The van der Waals surface area contributed by atoms with Crippen LogP contribution in [0.15, 0.2) is 47.1 Å². The molecular formula is C14H16INO. The number of halogens is 1. The van der Waals surface area contributed by atoms with E-state index in [2.05, 4.69) is 59.1 Å². The van der Waals surface area contributed by atoms with Crippen molar-refractivity contribution >= 4 is 22.6 Å². The fourth-order valence-electron chi connectivity index (χ4n) is 1.93. The van der Waals surface area contributed by atoms with Crippen LogP contribution in [0, 0.1) is 3.57 Å². The van der Waals surface area contributed by atoms with Gasteiger partial charge in [0.1, 0.15) is 5.76 Å². The molecule has 1 heterocycles. The number of hydrogen-bond donors (Lipinski definition) is 1. The van der Waals surface area contributed by atoms with E-state index in [1.165, 1.54) is 9.13 Å². The van der Waals surface area contributed by atoms with Crippen molar-refractivity contribution in [2.24, 2.45) is 0 Å². The second-order valence-corrected chi connectivity index (χ2v) is 5.08. The number of likely N-dealkylation sites (N-methyl/N-ethyl adjacent to an activating group) is 1. The smallest absolute Gasteiger partial charge is 0.105 e. The van der Waals surface area contributed by atoms with E-state index in [-0.39, 0.29) is 0 Å². The molecule has 2 rings (SSSR count). The summed E-state index contributed by atoms with van der Waals surface area (Å²) in [5.74, 6) is 1.02. The summed E-state index contributed by atoms with van der Waals surface area (Å²) in [5, 5.41) is 3.51. The summed E-state index contributed by atoms with van der Waals surface area (Å²) in [4.78, 5) is 0. The first-order chi connectivity index (χ1) is 8.31. The zero-order chi connectivity index (χ0) is 12.1. The average Bonchev–Trinajstić information content (AvgIpc) is 2.82. The summed E-state index contributed by atoms with van der Waals surface area (Å²) in [7, 11) is 0. The Hall–Kier alpha value is -0.810. The number of nitrogens with one attached hydrogen (secondary N) is 1. The molecule has 2 aromatic rings. The van der Waals surface area contributed by atoms with Gasteiger partial charge in [0.05, 0.1) is 6.26 Å². The van der Waals surface area contributed by atoms with Crippen LogP contribution < -0.4 is 5.32 Å². The summed E-state index contributed by atoms with van der Waals surface area (Å²) in [6, 6.07) is 12.8. The molecular weight excluding hydrogens is 325 g/mol. The number of benzene rings is 1. The Morgan fingerprint density at radius 2 is 2.06 bits per heavy atom. The maximum absolute atomic E-state index is 5.43. The zero-order valence-corrected chi connectivity index (χ0v) is 12.0. The van der Waals surface area contributed by atoms with Crippen molar-refractivity contribution in [3.63, 3.8) is 0 Å². The van der Waals surface area contributed by atoms with Gasteiger partial charge in [-0.25, -0.2) is 0 Å². The molecule has 1 N–H and O–H groups in total. The highest BCUT2D eigenvalue weighted by Gasteiger charge is 2.14. The van der Waals surface area contributed by atoms with Crippen LogP contribution in [-0.2, 0) is 6.42 Å². The van der Waals surface area contributed by atoms with Gasteiger partial charge in [-0.05, 0) is 52.9 Å². The second-order valence-electron chi connectivity index (χ2n) is 3.92. The van der Waals surface area contributed by atoms with E-state index < -0.39 is 0 Å². The Morgan fingerprint density at radius 3 is 2.71 bits per heavy atom. The van der Waals surface area contributed by atoms with Crippen molar-refractivity contribution in [3.05, 3.63) is 57.6 Å². The molecule has 0 saturated heterocycles. The van der Waals surface area contributed by atoms with Gasteiger partial charge < -0.3 is 9.73 Å². The lowest BCUT2D eigenvalue weighted by atomic mass is 10.0. The molecule has 0 bridgehead atoms. The highest BCUT2D eigenvalue weighted by atomic mass is 127. The third-order valence-corrected chi connectivity index (χ3v) is 3.70. The molecule has 1 unspecified atom stereocenters. The zero-order valence-electron chi connectivity index (χ0n) is 9.82. The van der Waals surface area contributed by atoms with Crippen molar-refractivity contribution in [2.75, 3.05) is 6.54 Å². The minimum absolute atomic E-state index is 0.319. The van der Waals surface area contributed by atoms with Crippen LogP contribution in [-0.4, -0.2) is 6.54 Å². The molecule has 0 radical (unpaired) electrons. The van der Waals surface area contributed by atoms with E-state index in [1.54, 1.807) is 6.26 Å². The predicted molar refractivity (Wildman–Crippen MR) is 78.0 cm³/mol. The predicted octanol–water partition coefficient (Wildman–Crippen LogP) is 3.78. The van der Waals surface area contributed by atoms with Gasteiger partial charge in [-0.15, -0.1) is 0 Å². The SMILES string of the molecule is CCNC(Cc1ccco1)c1ccccc1I. The Bertz CT molecular complexity index is 453. The molecule has 0 aliphatic carbocycles. The Labute approximate surface area is 116 Å². The van der Waals surface area contributed by atoms with Crippen molar-refractivity contribution in [1.82, 2.24) is 5.32 Å². The first kappa shape index (κ1) is 12.6. The summed E-state index contributed by atoms with van der Waals surface area (Å²) < 4.78 is 6.72. The lowest BCUT2D eigenvalue weighted by Gasteiger charge is -2.18. The summed E-state index contributed by atoms with van der Waals surface area (Å²) in [6.07, 6.45) is 2.62. The summed E-state index contributed by atoms with van der Waals surface area (Å²) in [6.45, 7) is 3.08. The van der Waals surface area contributed by atoms with Crippen LogP contribution in [0.2, 0.25) is 0 Å². The van der Waals surface area contributed by atoms with Gasteiger partial charge in [-0.3, -0.25) is 0 Å². The fourth-order valence-corrected chi connectivity index (χ4v) is 2.69. The number of hydrogen-bond acceptors (Lipinski definition) is 2. The Morgan fingerprint density at radius 1 is 1.24 bits per heavy atom. The average molecular weight is 341 g/mol. The van der Waals surface area contributed by atoms with Crippen LogP contribution in [0.4, 0.5) is 0 Å². The Kier molecular flexibility index (Phi) is 4.62. The molecule has 17 heavy (non-hydrogen) atoms. The fraction of sp³-hybridized carbons (Fsp3) is 0.286. The minimum atomic E-state index is 0.319. The Balaban J connectivity index is 2.20. The number of furan rings is 1. The first-order valence-corrected chi connectivity index (χ1v) is 6.89. The second kappa shape index (κ2) is 6.21. The summed E-state index contributed by atoms with van der Waals surface area (Å²) in [5.41, 5.74) is 1.34. The lowest BCUT2D eigenvalue weighted by molar-refractivity contribution is 0.454. The minimum Gasteiger partial charge on any atom is -0.469 e. The monoisotopic (exact) mass is 341 g/mol. The van der Waals surface area contributed by atoms with E-state index in [9.17, 15) is 0 Å². The first-order valence-electron chi connectivity index (χ1n) is 5.81. The van der Waals surface area contributed by atoms with Crippen molar-refractivity contribution in [3.8, 4) is 0 Å². The molecule has 1 atom stereocenters. The van der Waals surface area contributed by atoms with Gasteiger partial charge in [0, 0.05) is 16.0 Å². The molecule has 2 nitrogen and oxygen atoms in total. The molecule has 0 spiro atoms. The molecule has 1 aromatic carbocycles. The van der Waals surface area contributed by atoms with Crippen molar-refractivity contribution < 1.29 is 4.42 Å². The van der Waals surface area contributed by atoms with Crippen LogP contribution in [0.5, 0.6) is 0 Å². The van der Waals surface area contributed by atoms with Gasteiger partial charge >= 0.3 is 0 Å². The summed E-state index contributed by atoms with van der Waals surface area (Å²) >= 11 is 2.39. The molecule has 0 aliphatic heterocycles. The van der Waals surface area contributed by atoms with Crippen molar-refractivity contribution in [2.45, 2.75) is 19.4 Å². The van der Waals surface area contributed by atoms with E-state index in [1.807, 2.05) is 12.1 Å². The molecule has 0 amide bonds. The molecule has 0 fully saturated rings. The molecule has 1 aromatic heterocycles. The third kappa shape index (κ3) is 3.33. The van der Waals surface area contributed by atoms with E-state index in [0.29, 0.717) is 6.04 Å². The molecule has 0 aliphatic rings. The normalized spacial score (nSPS) is 12.6. The largest absolute Gasteiger partial charge is 0.469 e. The van der Waals surface area contributed by atoms with E-state index in [4.69, 9.17) is 4.42 Å². The van der Waals surface area contributed by atoms with Gasteiger partial charge in [0.25, 0.3) is 0 Å². The van der Waals surface area contributed by atoms with Crippen LogP contribution in [0.1, 0.15) is 24.3 Å². The van der Waals surface area contributed by atoms with E-state index in [0.717, 1.165) is 18.7 Å². The number of rotatable bonds is 5. The highest BCUT2D eigenvalue weighted by Crippen LogP contribution is 2.23. The van der Waals surface area contributed by atoms with E-state index >= 15 is 0 Å². The quantitative estimate of drug-likeness (QED) is 0.838. The van der Waals surface area contributed by atoms with Crippen LogP contribution in [0.25, 0.3) is 0 Å². The van der Waals surface area contributed by atoms with Crippen molar-refractivity contribution in [1.29, 1.82) is 0 Å². The molecule has 90 valence electrons. The topological polar surface area (TPSA) is 25.2 Å². The third-order valence-electron chi connectivity index (χ3n) is 2.72. The van der Waals surface area contributed by atoms with Crippen LogP contribution >= 0.6 is 22.6 Å². The standard InChI is InChI=1S/C14H16INO/c1-2-16-14(10-11-6-5-9-17-11)12-7-3-4-8-13(12)15/h3-9,14,16H,2,10H2,1H3. The van der Waals surface area contributed by atoms with Gasteiger partial charge in [0.2, 0.25) is 0 Å². The van der Waals surface area contributed by atoms with Gasteiger partial charge in [-0.2, -0.15) is 0 Å². The maximum Gasteiger partial charge on any atom is 0.105 e. The highest BCUT2D eigenvalue weighted by molar-refractivity contribution is 14.1. The molecule has 3 heteroatoms. The van der Waals surface area contributed by atoms with Gasteiger partial charge in [-0.1, -0.05) is 25.1 Å². The molecule has 0 saturated carbocycles. The van der Waals surface area contributed by atoms with Crippen LogP contribution in [0.3, 0.4) is 0 Å².